The number of hydrogen-bond donors (Lipinski definition) is 1. The van der Waals surface area contributed by atoms with Crippen molar-refractivity contribution < 1.29 is 0 Å². The van der Waals surface area contributed by atoms with Crippen LogP contribution in [0.15, 0.2) is 56.9 Å². The second-order valence-electron chi connectivity index (χ2n) is 3.46. The zero-order chi connectivity index (χ0) is 12.1. The Labute approximate surface area is 114 Å². The maximum absolute atomic E-state index is 4.25. The summed E-state index contributed by atoms with van der Waals surface area (Å²) in [6.07, 6.45) is 1.83. The van der Waals surface area contributed by atoms with Gasteiger partial charge in [-0.1, -0.05) is 27.7 Å². The molecule has 4 heteroatoms. The monoisotopic (exact) mass is 308 g/mol. The average Bonchev–Trinajstić information content (AvgIpc) is 2.33. The van der Waals surface area contributed by atoms with E-state index in [9.17, 15) is 0 Å². The van der Waals surface area contributed by atoms with Gasteiger partial charge in [0.05, 0.1) is 0 Å². The molecule has 0 aliphatic carbocycles. The lowest BCUT2D eigenvalue weighted by atomic mass is 10.4. The highest BCUT2D eigenvalue weighted by Gasteiger charge is 1.99. The van der Waals surface area contributed by atoms with E-state index >= 15 is 0 Å². The summed E-state index contributed by atoms with van der Waals surface area (Å²) in [5, 5.41) is 3.21. The van der Waals surface area contributed by atoms with E-state index in [0.29, 0.717) is 0 Å². The van der Waals surface area contributed by atoms with Crippen molar-refractivity contribution in [1.82, 2.24) is 4.98 Å². The van der Waals surface area contributed by atoms with E-state index in [1.807, 2.05) is 12.3 Å². The van der Waals surface area contributed by atoms with Crippen molar-refractivity contribution in [2.45, 2.75) is 16.7 Å². The quantitative estimate of drug-likeness (QED) is 0.904. The van der Waals surface area contributed by atoms with E-state index in [1.54, 1.807) is 11.8 Å². The van der Waals surface area contributed by atoms with Gasteiger partial charge in [0, 0.05) is 27.0 Å². The Hall–Kier alpha value is -1.00. The predicted octanol–water partition coefficient (Wildman–Crippen LogP) is 4.43. The normalized spacial score (nSPS) is 10.2. The molecule has 88 valence electrons. The molecule has 0 saturated carbocycles. The molecule has 0 fully saturated rings. The van der Waals surface area contributed by atoms with Gasteiger partial charge in [-0.15, -0.1) is 0 Å². The minimum atomic E-state index is 0.888. The first kappa shape index (κ1) is 12.5. The minimum absolute atomic E-state index is 0.888. The van der Waals surface area contributed by atoms with Crippen LogP contribution < -0.4 is 5.32 Å². The van der Waals surface area contributed by atoms with Gasteiger partial charge in [-0.3, -0.25) is 0 Å². The zero-order valence-corrected chi connectivity index (χ0v) is 11.9. The Morgan fingerprint density at radius 2 is 1.94 bits per heavy atom. The van der Waals surface area contributed by atoms with Crippen molar-refractivity contribution >= 4 is 33.5 Å². The van der Waals surface area contributed by atoms with Gasteiger partial charge < -0.3 is 5.32 Å². The Bertz CT molecular complexity index is 485. The predicted molar refractivity (Wildman–Crippen MR) is 76.7 cm³/mol. The highest BCUT2D eigenvalue weighted by molar-refractivity contribution is 9.10. The lowest BCUT2D eigenvalue weighted by molar-refractivity contribution is 1.14. The number of aromatic nitrogens is 1. The summed E-state index contributed by atoms with van der Waals surface area (Å²) >= 11 is 5.17. The van der Waals surface area contributed by atoms with Crippen LogP contribution in [0.1, 0.15) is 6.92 Å². The van der Waals surface area contributed by atoms with Crippen molar-refractivity contribution in [1.29, 1.82) is 0 Å². The molecule has 0 atom stereocenters. The third-order valence-electron chi connectivity index (χ3n) is 2.14. The molecule has 1 heterocycles. The maximum atomic E-state index is 4.25. The van der Waals surface area contributed by atoms with E-state index in [4.69, 9.17) is 0 Å². The molecular weight excluding hydrogens is 296 g/mol. The molecule has 2 nitrogen and oxygen atoms in total. The Kier molecular flexibility index (Phi) is 4.45. The molecule has 0 bridgehead atoms. The molecule has 1 N–H and O–H groups in total. The van der Waals surface area contributed by atoms with E-state index in [2.05, 4.69) is 63.5 Å². The fourth-order valence-corrected chi connectivity index (χ4v) is 2.50. The third-order valence-corrected chi connectivity index (χ3v) is 3.66. The van der Waals surface area contributed by atoms with E-state index in [1.165, 1.54) is 9.79 Å². The first-order valence-corrected chi connectivity index (χ1v) is 7.02. The van der Waals surface area contributed by atoms with Gasteiger partial charge in [0.2, 0.25) is 0 Å². The third kappa shape index (κ3) is 3.75. The molecule has 0 saturated heterocycles. The molecule has 0 spiro atoms. The second kappa shape index (κ2) is 6.07. The highest BCUT2D eigenvalue weighted by Crippen LogP contribution is 2.29. The first-order chi connectivity index (χ1) is 8.28. The van der Waals surface area contributed by atoms with Gasteiger partial charge in [0.15, 0.2) is 0 Å². The lowest BCUT2D eigenvalue weighted by Gasteiger charge is -2.05. The molecule has 0 aliphatic heterocycles. The van der Waals surface area contributed by atoms with Gasteiger partial charge in [-0.05, 0) is 43.3 Å². The van der Waals surface area contributed by atoms with Crippen molar-refractivity contribution in [3.8, 4) is 0 Å². The number of nitrogens with zero attached hydrogens (tertiary/aromatic N) is 1. The summed E-state index contributed by atoms with van der Waals surface area (Å²) in [6, 6.07) is 12.4. The zero-order valence-electron chi connectivity index (χ0n) is 9.48. The van der Waals surface area contributed by atoms with Crippen molar-refractivity contribution in [3.63, 3.8) is 0 Å². The van der Waals surface area contributed by atoms with Crippen LogP contribution in [0.5, 0.6) is 0 Å². The molecule has 0 radical (unpaired) electrons. The summed E-state index contributed by atoms with van der Waals surface area (Å²) in [4.78, 5) is 6.67. The summed E-state index contributed by atoms with van der Waals surface area (Å²) in [5.74, 6) is 0.926. The van der Waals surface area contributed by atoms with Crippen LogP contribution in [0.25, 0.3) is 0 Å². The van der Waals surface area contributed by atoms with Crippen molar-refractivity contribution in [2.75, 3.05) is 11.9 Å². The number of pyridine rings is 1. The molecule has 2 rings (SSSR count). The molecular formula is C13H13BrN2S. The van der Waals surface area contributed by atoms with Crippen LogP contribution in [0.3, 0.4) is 0 Å². The smallest absolute Gasteiger partial charge is 0.126 e. The molecule has 17 heavy (non-hydrogen) atoms. The second-order valence-corrected chi connectivity index (χ2v) is 5.53. The number of halogens is 1. The highest BCUT2D eigenvalue weighted by atomic mass is 79.9. The maximum Gasteiger partial charge on any atom is 0.126 e. The molecule has 2 aromatic rings. The van der Waals surface area contributed by atoms with Crippen LogP contribution in [-0.4, -0.2) is 11.5 Å². The van der Waals surface area contributed by atoms with E-state index in [-0.39, 0.29) is 0 Å². The minimum Gasteiger partial charge on any atom is -0.370 e. The Morgan fingerprint density at radius 3 is 2.65 bits per heavy atom. The van der Waals surface area contributed by atoms with E-state index in [0.717, 1.165) is 16.8 Å². The topological polar surface area (TPSA) is 24.9 Å². The number of benzene rings is 1. The largest absolute Gasteiger partial charge is 0.370 e. The van der Waals surface area contributed by atoms with Gasteiger partial charge in [0.1, 0.15) is 5.82 Å². The molecule has 1 aromatic heterocycles. The fraction of sp³-hybridized carbons (Fsp3) is 0.154. The van der Waals surface area contributed by atoms with Crippen LogP contribution in [0.4, 0.5) is 5.82 Å². The lowest BCUT2D eigenvalue weighted by Crippen LogP contribution is -1.98. The van der Waals surface area contributed by atoms with Gasteiger partial charge in [-0.25, -0.2) is 4.98 Å². The van der Waals surface area contributed by atoms with Crippen LogP contribution in [0, 0.1) is 0 Å². The van der Waals surface area contributed by atoms with Gasteiger partial charge >= 0.3 is 0 Å². The Balaban J connectivity index is 2.12. The summed E-state index contributed by atoms with van der Waals surface area (Å²) in [7, 11) is 0. The van der Waals surface area contributed by atoms with Gasteiger partial charge in [0.25, 0.3) is 0 Å². The SMILES string of the molecule is CCNc1cc(Sc2ccc(Br)cc2)ccn1. The van der Waals surface area contributed by atoms with Crippen molar-refractivity contribution in [2.24, 2.45) is 0 Å². The Morgan fingerprint density at radius 1 is 1.18 bits per heavy atom. The number of anilines is 1. The molecule has 1 aromatic carbocycles. The number of nitrogens with one attached hydrogen (secondary N) is 1. The standard InChI is InChI=1S/C13H13BrN2S/c1-2-15-13-9-12(7-8-16-13)17-11-5-3-10(14)4-6-11/h3-9H,2H2,1H3,(H,15,16). The molecule has 0 unspecified atom stereocenters. The van der Waals surface area contributed by atoms with Gasteiger partial charge in [-0.2, -0.15) is 0 Å². The number of rotatable bonds is 4. The van der Waals surface area contributed by atoms with Crippen LogP contribution >= 0.6 is 27.7 Å². The fourth-order valence-electron chi connectivity index (χ4n) is 1.39. The van der Waals surface area contributed by atoms with Crippen LogP contribution in [0.2, 0.25) is 0 Å². The number of hydrogen-bond acceptors (Lipinski definition) is 3. The van der Waals surface area contributed by atoms with Crippen LogP contribution in [-0.2, 0) is 0 Å². The first-order valence-electron chi connectivity index (χ1n) is 5.41. The summed E-state index contributed by atoms with van der Waals surface area (Å²) in [6.45, 7) is 2.95. The summed E-state index contributed by atoms with van der Waals surface area (Å²) < 4.78 is 1.10. The summed E-state index contributed by atoms with van der Waals surface area (Å²) in [5.41, 5.74) is 0. The van der Waals surface area contributed by atoms with Crippen molar-refractivity contribution in [3.05, 3.63) is 47.1 Å². The average molecular weight is 309 g/mol. The molecule has 0 aliphatic rings. The van der Waals surface area contributed by atoms with E-state index < -0.39 is 0 Å². The molecule has 0 amide bonds.